The zero-order chi connectivity index (χ0) is 22.8. The maximum atomic E-state index is 13.7. The van der Waals surface area contributed by atoms with Gasteiger partial charge in [0.15, 0.2) is 11.6 Å². The van der Waals surface area contributed by atoms with Gasteiger partial charge in [0.25, 0.3) is 0 Å². The molecule has 3 aromatic rings. The van der Waals surface area contributed by atoms with Crippen LogP contribution in [0, 0.1) is 6.92 Å². The van der Waals surface area contributed by atoms with Crippen molar-refractivity contribution in [1.82, 2.24) is 0 Å². The fourth-order valence-electron chi connectivity index (χ4n) is 5.40. The molecule has 5 heteroatoms. The fourth-order valence-corrected chi connectivity index (χ4v) is 5.40. The number of aryl methyl sites for hydroxylation is 1. The lowest BCUT2D eigenvalue weighted by Crippen LogP contribution is -2.58. The molecule has 0 spiro atoms. The van der Waals surface area contributed by atoms with E-state index in [0.29, 0.717) is 34.4 Å². The second-order valence-corrected chi connectivity index (χ2v) is 9.44. The van der Waals surface area contributed by atoms with E-state index in [1.807, 2.05) is 58.0 Å². The predicted octanol–water partition coefficient (Wildman–Crippen LogP) is 4.65. The molecule has 0 unspecified atom stereocenters. The number of nitrogens with one attached hydrogen (secondary N) is 1. The second-order valence-electron chi connectivity index (χ2n) is 9.44. The number of fused-ring (bicyclic) bond motifs is 4. The monoisotopic (exact) mass is 429 g/mol. The van der Waals surface area contributed by atoms with E-state index in [-0.39, 0.29) is 23.8 Å². The average molecular weight is 430 g/mol. The smallest absolute Gasteiger partial charge is 0.196 e. The lowest BCUT2D eigenvalue weighted by molar-refractivity contribution is -0.130. The highest BCUT2D eigenvalue weighted by atomic mass is 16.5. The van der Waals surface area contributed by atoms with E-state index in [1.165, 1.54) is 0 Å². The van der Waals surface area contributed by atoms with Gasteiger partial charge in [-0.2, -0.15) is 0 Å². The van der Waals surface area contributed by atoms with Gasteiger partial charge < -0.3 is 15.2 Å². The average Bonchev–Trinajstić information content (AvgIpc) is 2.74. The van der Waals surface area contributed by atoms with Gasteiger partial charge in [0, 0.05) is 22.4 Å². The number of aliphatic hydroxyl groups is 1. The van der Waals surface area contributed by atoms with Crippen LogP contribution in [-0.2, 0) is 4.74 Å². The minimum absolute atomic E-state index is 0.0432. The van der Waals surface area contributed by atoms with Gasteiger partial charge >= 0.3 is 0 Å². The number of hydrogen-bond acceptors (Lipinski definition) is 5. The molecule has 1 aliphatic carbocycles. The Bertz CT molecular complexity index is 1280. The highest BCUT2D eigenvalue weighted by Gasteiger charge is 2.44. The molecule has 3 aromatic carbocycles. The number of benzene rings is 3. The summed E-state index contributed by atoms with van der Waals surface area (Å²) in [6.07, 6.45) is -0.573. The van der Waals surface area contributed by atoms with E-state index in [2.05, 4.69) is 5.32 Å². The molecule has 32 heavy (non-hydrogen) atoms. The first kappa shape index (κ1) is 20.9. The van der Waals surface area contributed by atoms with Crippen LogP contribution in [0.5, 0.6) is 0 Å². The Kier molecular flexibility index (Phi) is 4.73. The Hall–Kier alpha value is -3.02. The number of hydrogen-bond donors (Lipinski definition) is 2. The van der Waals surface area contributed by atoms with Crippen LogP contribution in [0.15, 0.2) is 48.5 Å². The van der Waals surface area contributed by atoms with Crippen LogP contribution in [0.25, 0.3) is 10.8 Å². The normalized spacial score (nSPS) is 27.2. The lowest BCUT2D eigenvalue weighted by atomic mass is 9.79. The molecule has 2 aliphatic rings. The second kappa shape index (κ2) is 7.26. The highest BCUT2D eigenvalue weighted by molar-refractivity contribution is 6.33. The molecule has 1 aliphatic heterocycles. The van der Waals surface area contributed by atoms with Crippen molar-refractivity contribution in [2.75, 3.05) is 5.32 Å². The molecule has 4 atom stereocenters. The third kappa shape index (κ3) is 3.07. The van der Waals surface area contributed by atoms with Crippen LogP contribution in [-0.4, -0.2) is 40.5 Å². The van der Waals surface area contributed by atoms with E-state index < -0.39 is 11.6 Å². The van der Waals surface area contributed by atoms with Crippen LogP contribution < -0.4 is 5.32 Å². The van der Waals surface area contributed by atoms with Crippen LogP contribution in [0.3, 0.4) is 0 Å². The summed E-state index contributed by atoms with van der Waals surface area (Å²) in [5.74, 6) is -0.321. The molecule has 0 saturated carbocycles. The number of ether oxygens (including phenoxy) is 1. The summed E-state index contributed by atoms with van der Waals surface area (Å²) in [6.45, 7) is 7.76. The Morgan fingerprint density at radius 2 is 1.72 bits per heavy atom. The summed E-state index contributed by atoms with van der Waals surface area (Å²) in [6, 6.07) is 14.9. The first-order valence-electron chi connectivity index (χ1n) is 11.1. The van der Waals surface area contributed by atoms with Gasteiger partial charge in [0.1, 0.15) is 6.10 Å². The van der Waals surface area contributed by atoms with E-state index >= 15 is 0 Å². The van der Waals surface area contributed by atoms with Crippen molar-refractivity contribution in [2.24, 2.45) is 0 Å². The molecule has 0 bridgehead atoms. The highest BCUT2D eigenvalue weighted by Crippen LogP contribution is 2.39. The van der Waals surface area contributed by atoms with Crippen LogP contribution in [0.2, 0.25) is 0 Å². The maximum Gasteiger partial charge on any atom is 0.196 e. The van der Waals surface area contributed by atoms with Crippen molar-refractivity contribution in [3.63, 3.8) is 0 Å². The Labute approximate surface area is 187 Å². The van der Waals surface area contributed by atoms with E-state index in [1.54, 1.807) is 18.2 Å². The third-order valence-electron chi connectivity index (χ3n) is 6.86. The summed E-state index contributed by atoms with van der Waals surface area (Å²) in [5.41, 5.74) is 2.63. The minimum Gasteiger partial charge on any atom is -0.388 e. The van der Waals surface area contributed by atoms with Gasteiger partial charge in [-0.05, 0) is 57.0 Å². The van der Waals surface area contributed by atoms with Gasteiger partial charge in [0.2, 0.25) is 0 Å². The summed E-state index contributed by atoms with van der Waals surface area (Å²) < 4.78 is 5.77. The lowest BCUT2D eigenvalue weighted by Gasteiger charge is -2.46. The molecule has 0 radical (unpaired) electrons. The summed E-state index contributed by atoms with van der Waals surface area (Å²) in [7, 11) is 0. The predicted molar refractivity (Wildman–Crippen MR) is 125 cm³/mol. The van der Waals surface area contributed by atoms with Crippen LogP contribution in [0.1, 0.15) is 64.6 Å². The summed E-state index contributed by atoms with van der Waals surface area (Å²) in [5, 5.41) is 16.0. The topological polar surface area (TPSA) is 75.6 Å². The van der Waals surface area contributed by atoms with Crippen LogP contribution >= 0.6 is 0 Å². The molecule has 5 rings (SSSR count). The molecule has 164 valence electrons. The third-order valence-corrected chi connectivity index (χ3v) is 6.86. The Morgan fingerprint density at radius 3 is 2.50 bits per heavy atom. The molecule has 5 nitrogen and oxygen atoms in total. The Balaban J connectivity index is 1.63. The first-order valence-corrected chi connectivity index (χ1v) is 11.1. The molecule has 2 N–H and O–H groups in total. The zero-order valence-electron chi connectivity index (χ0n) is 18.7. The van der Waals surface area contributed by atoms with Crippen molar-refractivity contribution in [1.29, 1.82) is 0 Å². The number of rotatable bonds is 2. The Morgan fingerprint density at radius 1 is 1.00 bits per heavy atom. The molecule has 0 aromatic heterocycles. The molecule has 1 saturated heterocycles. The van der Waals surface area contributed by atoms with Crippen LogP contribution in [0.4, 0.5) is 5.69 Å². The number of carbonyl (C=O) groups is 2. The van der Waals surface area contributed by atoms with Crippen molar-refractivity contribution >= 4 is 28.0 Å². The molecule has 1 heterocycles. The van der Waals surface area contributed by atoms with Gasteiger partial charge in [-0.15, -0.1) is 0 Å². The van der Waals surface area contributed by atoms with Crippen molar-refractivity contribution in [2.45, 2.75) is 58.0 Å². The van der Waals surface area contributed by atoms with E-state index in [9.17, 15) is 14.7 Å². The number of ketones is 2. The first-order chi connectivity index (χ1) is 15.2. The fraction of sp³-hybridized carbons (Fsp3) is 0.333. The molecular weight excluding hydrogens is 402 g/mol. The van der Waals surface area contributed by atoms with Gasteiger partial charge in [-0.25, -0.2) is 0 Å². The number of aliphatic hydroxyl groups excluding tert-OH is 1. The van der Waals surface area contributed by atoms with Gasteiger partial charge in [-0.1, -0.05) is 42.0 Å². The van der Waals surface area contributed by atoms with Gasteiger partial charge in [-0.3, -0.25) is 9.59 Å². The number of anilines is 1. The largest absolute Gasteiger partial charge is 0.388 e. The minimum atomic E-state index is -0.761. The standard InChI is InChI=1S/C27H27NO4/c1-14-8-10-18-17(12-14)9-11-20-22(18)24(29)19-6-5-7-21(23(19)25(20)30)28-27(4)13-15(2)32-16(3)26(27)31/h5-12,15-16,26,28,31H,13H2,1-4H3/t15-,16-,26-,27+/m0/s1. The zero-order valence-corrected chi connectivity index (χ0v) is 18.7. The molecule has 1 fully saturated rings. The maximum absolute atomic E-state index is 13.7. The van der Waals surface area contributed by atoms with Crippen molar-refractivity contribution in [3.8, 4) is 0 Å². The van der Waals surface area contributed by atoms with E-state index in [4.69, 9.17) is 4.74 Å². The quantitative estimate of drug-likeness (QED) is 0.485. The SMILES string of the molecule is Cc1ccc2c3c(ccc2c1)C(=O)c1c(N[C@]2(C)C[C@H](C)O[C@@H](C)[C@@H]2O)cccc1C3=O. The van der Waals surface area contributed by atoms with Crippen molar-refractivity contribution < 1.29 is 19.4 Å². The van der Waals surface area contributed by atoms with E-state index in [0.717, 1.165) is 16.3 Å². The summed E-state index contributed by atoms with van der Waals surface area (Å²) in [4.78, 5) is 27.3. The van der Waals surface area contributed by atoms with Gasteiger partial charge in [0.05, 0.1) is 23.3 Å². The molecule has 0 amide bonds. The number of carbonyl (C=O) groups excluding carboxylic acids is 2. The van der Waals surface area contributed by atoms with Crippen molar-refractivity contribution in [3.05, 3.63) is 76.3 Å². The molecular formula is C27H27NO4. The summed E-state index contributed by atoms with van der Waals surface area (Å²) >= 11 is 0.